The number of nitrogens with zero attached hydrogens (tertiary/aromatic N) is 6. The lowest BCUT2D eigenvalue weighted by molar-refractivity contribution is -0.138. The van der Waals surface area contributed by atoms with Crippen LogP contribution in [0.4, 0.5) is 5.82 Å². The van der Waals surface area contributed by atoms with Crippen molar-refractivity contribution in [2.75, 3.05) is 32.2 Å². The van der Waals surface area contributed by atoms with Crippen molar-refractivity contribution in [2.24, 2.45) is 5.41 Å². The number of Topliss-reactive ketones (excluding diaryl/α,β-unsaturated/α-hetero) is 1. The predicted molar refractivity (Wildman–Crippen MR) is 207 cm³/mol. The number of phosphoric acid groups is 1. The molecule has 2 aliphatic rings. The average molecular weight is 856 g/mol. The Balaban J connectivity index is 1.15. The fraction of sp³-hybridized carbons (Fsp3) is 0.459. The van der Waals surface area contributed by atoms with Gasteiger partial charge in [0.25, 0.3) is 0 Å². The van der Waals surface area contributed by atoms with Gasteiger partial charge in [0.1, 0.15) is 41.1 Å². The molecule has 0 radical (unpaired) electrons. The van der Waals surface area contributed by atoms with Crippen LogP contribution in [-0.4, -0.2) is 97.0 Å². The van der Waals surface area contributed by atoms with Crippen LogP contribution < -0.4 is 10.6 Å². The van der Waals surface area contributed by atoms with Crippen molar-refractivity contribution in [3.8, 4) is 11.1 Å². The Morgan fingerprint density at radius 2 is 1.84 bits per heavy atom. The number of amides is 3. The van der Waals surface area contributed by atoms with Crippen molar-refractivity contribution in [1.82, 2.24) is 34.9 Å². The minimum Gasteiger partial charge on any atom is -0.382 e. The van der Waals surface area contributed by atoms with Gasteiger partial charge in [0.15, 0.2) is 5.78 Å². The molecule has 1 saturated carbocycles. The number of carbonyl (C=O) groups is 4. The maximum atomic E-state index is 14.2. The molecule has 1 aliphatic heterocycles. The van der Waals surface area contributed by atoms with E-state index in [-0.39, 0.29) is 66.9 Å². The van der Waals surface area contributed by atoms with Gasteiger partial charge in [-0.15, -0.1) is 0 Å². The lowest BCUT2D eigenvalue weighted by atomic mass is 9.93. The van der Waals surface area contributed by atoms with E-state index in [4.69, 9.17) is 4.74 Å². The highest BCUT2D eigenvalue weighted by Crippen LogP contribution is 2.62. The third-order valence-electron chi connectivity index (χ3n) is 10.1. The zero-order valence-corrected chi connectivity index (χ0v) is 34.0. The molecule has 3 N–H and O–H groups in total. The number of methoxy groups -OCH3 is 1. The van der Waals surface area contributed by atoms with E-state index < -0.39 is 26.4 Å². The van der Waals surface area contributed by atoms with Crippen LogP contribution in [0.15, 0.2) is 47.3 Å². The Morgan fingerprint density at radius 1 is 1.07 bits per heavy atom. The maximum absolute atomic E-state index is 14.2. The first-order valence-corrected chi connectivity index (χ1v) is 20.5. The fourth-order valence-electron chi connectivity index (χ4n) is 7.12. The highest BCUT2D eigenvalue weighted by Gasteiger charge is 2.66. The van der Waals surface area contributed by atoms with Crippen LogP contribution in [0.3, 0.4) is 0 Å². The number of ketones is 1. The molecule has 0 spiro atoms. The van der Waals surface area contributed by atoms with Gasteiger partial charge in [-0.1, -0.05) is 31.9 Å². The number of nitrogens with one attached hydrogen (secondary N) is 2. The molecule has 4 heterocycles. The number of phosphoric ester groups is 1. The minimum atomic E-state index is -4.41. The van der Waals surface area contributed by atoms with Crippen molar-refractivity contribution in [3.63, 3.8) is 0 Å². The third kappa shape index (κ3) is 9.39. The molecular weight excluding hydrogens is 811 g/mol. The van der Waals surface area contributed by atoms with Crippen LogP contribution in [0.5, 0.6) is 0 Å². The van der Waals surface area contributed by atoms with Crippen molar-refractivity contribution in [3.05, 3.63) is 64.4 Å². The van der Waals surface area contributed by atoms with Crippen LogP contribution in [-0.2, 0) is 45.8 Å². The number of fused-ring (bicyclic) bond motifs is 2. The first-order valence-electron chi connectivity index (χ1n) is 18.2. The maximum Gasteiger partial charge on any atom is 0.472 e. The van der Waals surface area contributed by atoms with Gasteiger partial charge < -0.3 is 25.2 Å². The molecule has 1 saturated heterocycles. The Labute approximate surface area is 331 Å². The molecular formula is C37H44BrN8O9P. The van der Waals surface area contributed by atoms with Gasteiger partial charge >= 0.3 is 7.82 Å². The van der Waals surface area contributed by atoms with E-state index in [9.17, 15) is 28.6 Å². The summed E-state index contributed by atoms with van der Waals surface area (Å²) in [6.45, 7) is 4.37. The first kappa shape index (κ1) is 41.2. The van der Waals surface area contributed by atoms with Crippen LogP contribution in [0.25, 0.3) is 22.0 Å². The van der Waals surface area contributed by atoms with E-state index in [2.05, 4.69) is 62.6 Å². The number of unbranched alkanes of at least 4 members (excludes halogenated alkanes) is 1. The van der Waals surface area contributed by atoms with E-state index in [0.717, 1.165) is 31.2 Å². The smallest absolute Gasteiger partial charge is 0.382 e. The number of likely N-dealkylation sites (tertiary alicyclic amines) is 1. The van der Waals surface area contributed by atoms with Gasteiger partial charge in [0.05, 0.1) is 25.3 Å². The first-order chi connectivity index (χ1) is 26.7. The van der Waals surface area contributed by atoms with Gasteiger partial charge in [-0.05, 0) is 76.9 Å². The number of hydrogen-bond acceptors (Lipinski definition) is 12. The summed E-state index contributed by atoms with van der Waals surface area (Å²) in [6, 6.07) is 8.31. The summed E-state index contributed by atoms with van der Waals surface area (Å²) in [7, 11) is -3.01. The molecule has 1 aromatic carbocycles. The van der Waals surface area contributed by atoms with Crippen molar-refractivity contribution >= 4 is 64.0 Å². The summed E-state index contributed by atoms with van der Waals surface area (Å²) >= 11 is 3.37. The van der Waals surface area contributed by atoms with E-state index in [1.54, 1.807) is 35.5 Å². The highest BCUT2D eigenvalue weighted by atomic mass is 79.9. The van der Waals surface area contributed by atoms with Gasteiger partial charge in [-0.3, -0.25) is 32.9 Å². The van der Waals surface area contributed by atoms with E-state index in [0.29, 0.717) is 38.9 Å². The number of hydrogen-bond donors (Lipinski definition) is 3. The number of carbonyl (C=O) groups excluding carboxylic acids is 4. The summed E-state index contributed by atoms with van der Waals surface area (Å²) < 4.78 is 28.1. The van der Waals surface area contributed by atoms with E-state index in [1.807, 2.05) is 19.1 Å². The lowest BCUT2D eigenvalue weighted by Crippen LogP contribution is -2.47. The van der Waals surface area contributed by atoms with Crippen LogP contribution in [0, 0.1) is 12.3 Å². The molecule has 4 atom stereocenters. The number of benzene rings is 1. The minimum absolute atomic E-state index is 0.0517. The van der Waals surface area contributed by atoms with Crippen molar-refractivity contribution < 1.29 is 42.4 Å². The topological polar surface area (TPSA) is 217 Å². The second-order valence-corrected chi connectivity index (χ2v) is 16.3. The molecule has 2 fully saturated rings. The predicted octanol–water partition coefficient (Wildman–Crippen LogP) is 4.75. The highest BCUT2D eigenvalue weighted by molar-refractivity contribution is 9.10. The second kappa shape index (κ2) is 17.4. The van der Waals surface area contributed by atoms with Crippen LogP contribution in [0.2, 0.25) is 0 Å². The van der Waals surface area contributed by atoms with E-state index >= 15 is 0 Å². The molecule has 298 valence electrons. The third-order valence-corrected chi connectivity index (χ3v) is 11.5. The number of pyridine rings is 1. The van der Waals surface area contributed by atoms with Gasteiger partial charge in [-0.25, -0.2) is 19.5 Å². The molecule has 4 aromatic rings. The van der Waals surface area contributed by atoms with Crippen LogP contribution >= 0.6 is 23.8 Å². The zero-order valence-electron chi connectivity index (χ0n) is 31.5. The molecule has 6 rings (SSSR count). The monoisotopic (exact) mass is 854 g/mol. The summed E-state index contributed by atoms with van der Waals surface area (Å²) in [5, 5.41) is 10.6. The lowest BCUT2D eigenvalue weighted by Gasteiger charge is -2.27. The normalized spacial score (nSPS) is 19.7. The molecule has 1 aliphatic carbocycles. The number of piperidine rings is 1. The number of halogens is 1. The Hall–Kier alpha value is -4.45. The molecule has 17 nitrogen and oxygen atoms in total. The molecule has 1 unspecified atom stereocenters. The standard InChI is InChI=1S/C37H44BrN8O9P/c1-5-6-11-37-15-28(36(50)43-35-22(2)7-10-30(38)42-35)46(29(37)16-37)33(49)20-45-27-9-8-24(14-26(27)34(44-45)23(3)47)25-17-39-31(40-18-25)19-41-32(48)21-55-56(51,52)54-13-12-53-4/h7-10,14,17-18,28-29H,5-6,11-13,15-16,19-21H2,1-4H3,(H,41,48)(H,51,52)(H,42,43,50)/t28-,29+,37-/m0/s1. The quantitative estimate of drug-likeness (QED) is 0.0534. The Bertz CT molecular complexity index is 2180. The SMILES string of the molecule is CCCC[C@@]12C[C@@H](C(=O)Nc3nc(Br)ccc3C)N(C(=O)Cn3nc(C(C)=O)c4cc(-c5cnc(CNC(=O)COP(=O)(O)OCCOC)nc5)ccc43)[C@@H]1C2. The summed E-state index contributed by atoms with van der Waals surface area (Å²) in [6.07, 6.45) is 7.50. The molecule has 0 bridgehead atoms. The van der Waals surface area contributed by atoms with Gasteiger partial charge in [0.2, 0.25) is 17.7 Å². The fourth-order valence-corrected chi connectivity index (χ4v) is 8.09. The average Bonchev–Trinajstić information content (AvgIpc) is 3.59. The molecule has 3 amide bonds. The van der Waals surface area contributed by atoms with Gasteiger partial charge in [-0.2, -0.15) is 5.10 Å². The summed E-state index contributed by atoms with van der Waals surface area (Å²) in [5.41, 5.74) is 2.80. The number of ether oxygens (including phenoxy) is 1. The van der Waals surface area contributed by atoms with Crippen LogP contribution in [0.1, 0.15) is 67.8 Å². The molecule has 3 aromatic heterocycles. The summed E-state index contributed by atoms with van der Waals surface area (Å²) in [4.78, 5) is 77.4. The molecule has 56 heavy (non-hydrogen) atoms. The Morgan fingerprint density at radius 3 is 2.55 bits per heavy atom. The second-order valence-electron chi connectivity index (χ2n) is 14.0. The van der Waals surface area contributed by atoms with Crippen molar-refractivity contribution in [1.29, 1.82) is 0 Å². The van der Waals surface area contributed by atoms with Crippen molar-refractivity contribution in [2.45, 2.75) is 78.0 Å². The zero-order chi connectivity index (χ0) is 40.2. The summed E-state index contributed by atoms with van der Waals surface area (Å²) in [5.74, 6) is -0.776. The molecule has 19 heteroatoms. The Kier molecular flexibility index (Phi) is 12.8. The number of rotatable bonds is 18. The van der Waals surface area contributed by atoms with E-state index in [1.165, 1.54) is 18.7 Å². The number of anilines is 1. The number of aromatic nitrogens is 5. The number of aryl methyl sites for hydroxylation is 1. The largest absolute Gasteiger partial charge is 0.472 e. The van der Waals surface area contributed by atoms with Gasteiger partial charge in [0, 0.05) is 43.4 Å².